The number of benzene rings is 2. The fourth-order valence-electron chi connectivity index (χ4n) is 2.74. The third-order valence-corrected chi connectivity index (χ3v) is 3.81. The van der Waals surface area contributed by atoms with Crippen molar-refractivity contribution in [3.63, 3.8) is 0 Å². The summed E-state index contributed by atoms with van der Waals surface area (Å²) in [6.07, 6.45) is 3.48. The highest BCUT2D eigenvalue weighted by atomic mass is 16.5. The van der Waals surface area contributed by atoms with E-state index < -0.39 is 0 Å². The highest BCUT2D eigenvalue weighted by Gasteiger charge is 2.17. The quantitative estimate of drug-likeness (QED) is 0.901. The van der Waals surface area contributed by atoms with Crippen molar-refractivity contribution in [2.75, 3.05) is 12.4 Å². The summed E-state index contributed by atoms with van der Waals surface area (Å²) in [5.74, 6) is 0.902. The average molecular weight is 253 g/mol. The Morgan fingerprint density at radius 3 is 2.47 bits per heavy atom. The molecule has 0 bridgehead atoms. The van der Waals surface area contributed by atoms with Crippen molar-refractivity contribution in [1.29, 1.82) is 0 Å². The maximum Gasteiger partial charge on any atom is 0.119 e. The molecule has 0 fully saturated rings. The van der Waals surface area contributed by atoms with E-state index in [9.17, 15) is 0 Å². The predicted octanol–water partition coefficient (Wildman–Crippen LogP) is 3.66. The van der Waals surface area contributed by atoms with Crippen molar-refractivity contribution in [1.82, 2.24) is 0 Å². The molecule has 19 heavy (non-hydrogen) atoms. The van der Waals surface area contributed by atoms with Crippen molar-refractivity contribution in [2.24, 2.45) is 0 Å². The molecule has 0 spiro atoms. The van der Waals surface area contributed by atoms with Gasteiger partial charge in [0.25, 0.3) is 0 Å². The zero-order chi connectivity index (χ0) is 13.1. The Labute approximate surface area is 114 Å². The molecule has 0 amide bonds. The van der Waals surface area contributed by atoms with Gasteiger partial charge in [0.05, 0.1) is 7.11 Å². The van der Waals surface area contributed by atoms with E-state index in [1.54, 1.807) is 7.11 Å². The molecular formula is C17H19NO. The van der Waals surface area contributed by atoms with E-state index in [1.165, 1.54) is 29.7 Å². The van der Waals surface area contributed by atoms with Gasteiger partial charge in [0.15, 0.2) is 0 Å². The summed E-state index contributed by atoms with van der Waals surface area (Å²) >= 11 is 0. The summed E-state index contributed by atoms with van der Waals surface area (Å²) in [7, 11) is 1.69. The second-order valence-electron chi connectivity index (χ2n) is 5.08. The molecule has 0 saturated carbocycles. The summed E-state index contributed by atoms with van der Waals surface area (Å²) in [6.45, 7) is 0. The van der Waals surface area contributed by atoms with Crippen LogP contribution in [0.2, 0.25) is 0 Å². The highest BCUT2D eigenvalue weighted by molar-refractivity contribution is 5.48. The summed E-state index contributed by atoms with van der Waals surface area (Å²) < 4.78 is 5.18. The number of hydrogen-bond donors (Lipinski definition) is 1. The summed E-state index contributed by atoms with van der Waals surface area (Å²) in [4.78, 5) is 0. The van der Waals surface area contributed by atoms with Crippen LogP contribution < -0.4 is 10.1 Å². The zero-order valence-electron chi connectivity index (χ0n) is 11.2. The Bertz CT molecular complexity index is 547. The molecule has 1 aliphatic rings. The Hall–Kier alpha value is -1.96. The normalized spacial score (nSPS) is 17.6. The van der Waals surface area contributed by atoms with Gasteiger partial charge in [0.1, 0.15) is 5.75 Å². The van der Waals surface area contributed by atoms with Gasteiger partial charge in [-0.05, 0) is 54.7 Å². The molecule has 2 aromatic rings. The van der Waals surface area contributed by atoms with E-state index >= 15 is 0 Å². The maximum atomic E-state index is 5.18. The average Bonchev–Trinajstić information content (AvgIpc) is 2.48. The van der Waals surface area contributed by atoms with Crippen molar-refractivity contribution in [3.05, 3.63) is 59.7 Å². The smallest absolute Gasteiger partial charge is 0.119 e. The molecule has 2 nitrogen and oxygen atoms in total. The van der Waals surface area contributed by atoms with Crippen LogP contribution in [0.15, 0.2) is 48.5 Å². The predicted molar refractivity (Wildman–Crippen MR) is 78.9 cm³/mol. The van der Waals surface area contributed by atoms with Crippen molar-refractivity contribution < 1.29 is 4.74 Å². The molecule has 2 aromatic carbocycles. The van der Waals surface area contributed by atoms with Crippen LogP contribution >= 0.6 is 0 Å². The van der Waals surface area contributed by atoms with E-state index in [0.29, 0.717) is 6.04 Å². The Morgan fingerprint density at radius 1 is 1.00 bits per heavy atom. The first-order valence-corrected chi connectivity index (χ1v) is 6.82. The van der Waals surface area contributed by atoms with Crippen LogP contribution in [0.5, 0.6) is 5.75 Å². The number of hydrogen-bond acceptors (Lipinski definition) is 2. The van der Waals surface area contributed by atoms with Crippen LogP contribution in [-0.4, -0.2) is 13.2 Å². The molecule has 1 unspecified atom stereocenters. The number of methoxy groups -OCH3 is 1. The third-order valence-electron chi connectivity index (χ3n) is 3.81. The monoisotopic (exact) mass is 253 g/mol. The van der Waals surface area contributed by atoms with Crippen LogP contribution in [0, 0.1) is 0 Å². The van der Waals surface area contributed by atoms with Crippen LogP contribution in [0.4, 0.5) is 5.69 Å². The SMILES string of the molecule is COc1ccc(NC2CCc3ccccc3C2)cc1. The van der Waals surface area contributed by atoms with Gasteiger partial charge in [-0.2, -0.15) is 0 Å². The van der Waals surface area contributed by atoms with Gasteiger partial charge in [-0.3, -0.25) is 0 Å². The summed E-state index contributed by atoms with van der Waals surface area (Å²) in [6, 6.07) is 17.5. The molecule has 0 heterocycles. The minimum absolute atomic E-state index is 0.531. The molecule has 1 N–H and O–H groups in total. The first-order chi connectivity index (χ1) is 9.35. The largest absolute Gasteiger partial charge is 0.497 e. The lowest BCUT2D eigenvalue weighted by Gasteiger charge is -2.26. The number of aryl methyl sites for hydroxylation is 1. The van der Waals surface area contributed by atoms with Crippen molar-refractivity contribution in [2.45, 2.75) is 25.3 Å². The van der Waals surface area contributed by atoms with E-state index in [2.05, 4.69) is 41.7 Å². The molecule has 1 aliphatic carbocycles. The van der Waals surface area contributed by atoms with Crippen LogP contribution in [0.3, 0.4) is 0 Å². The second-order valence-corrected chi connectivity index (χ2v) is 5.08. The van der Waals surface area contributed by atoms with E-state index in [-0.39, 0.29) is 0 Å². The molecule has 1 atom stereocenters. The van der Waals surface area contributed by atoms with Crippen LogP contribution in [-0.2, 0) is 12.8 Å². The first-order valence-electron chi connectivity index (χ1n) is 6.82. The Morgan fingerprint density at radius 2 is 1.74 bits per heavy atom. The molecule has 0 saturated heterocycles. The van der Waals surface area contributed by atoms with Crippen molar-refractivity contribution in [3.8, 4) is 5.75 Å². The van der Waals surface area contributed by atoms with E-state index in [0.717, 1.165) is 12.2 Å². The van der Waals surface area contributed by atoms with E-state index in [4.69, 9.17) is 4.74 Å². The minimum Gasteiger partial charge on any atom is -0.497 e. The van der Waals surface area contributed by atoms with Gasteiger partial charge in [0.2, 0.25) is 0 Å². The third kappa shape index (κ3) is 2.73. The lowest BCUT2D eigenvalue weighted by molar-refractivity contribution is 0.415. The number of ether oxygens (including phenoxy) is 1. The van der Waals surface area contributed by atoms with Gasteiger partial charge in [-0.25, -0.2) is 0 Å². The van der Waals surface area contributed by atoms with E-state index in [1.807, 2.05) is 12.1 Å². The number of nitrogens with one attached hydrogen (secondary N) is 1. The molecular weight excluding hydrogens is 234 g/mol. The molecule has 0 aromatic heterocycles. The van der Waals surface area contributed by atoms with Crippen molar-refractivity contribution >= 4 is 5.69 Å². The second kappa shape index (κ2) is 5.35. The molecule has 0 radical (unpaired) electrons. The molecule has 3 rings (SSSR count). The maximum absolute atomic E-state index is 5.18. The van der Waals surface area contributed by atoms with Gasteiger partial charge in [0, 0.05) is 11.7 Å². The summed E-state index contributed by atoms with van der Waals surface area (Å²) in [5, 5.41) is 3.62. The Kier molecular flexibility index (Phi) is 3.41. The fraction of sp³-hybridized carbons (Fsp3) is 0.294. The molecule has 98 valence electrons. The van der Waals surface area contributed by atoms with Crippen LogP contribution in [0.1, 0.15) is 17.5 Å². The molecule has 2 heteroatoms. The summed E-state index contributed by atoms with van der Waals surface area (Å²) in [5.41, 5.74) is 4.17. The van der Waals surface area contributed by atoms with Gasteiger partial charge in [-0.1, -0.05) is 24.3 Å². The Balaban J connectivity index is 1.68. The topological polar surface area (TPSA) is 21.3 Å². The first kappa shape index (κ1) is 12.1. The van der Waals surface area contributed by atoms with Gasteiger partial charge in [-0.15, -0.1) is 0 Å². The molecule has 0 aliphatic heterocycles. The highest BCUT2D eigenvalue weighted by Crippen LogP contribution is 2.24. The lowest BCUT2D eigenvalue weighted by Crippen LogP contribution is -2.27. The van der Waals surface area contributed by atoms with Gasteiger partial charge < -0.3 is 10.1 Å². The van der Waals surface area contributed by atoms with Crippen LogP contribution in [0.25, 0.3) is 0 Å². The number of fused-ring (bicyclic) bond motifs is 1. The lowest BCUT2D eigenvalue weighted by atomic mass is 9.88. The number of anilines is 1. The fourth-order valence-corrected chi connectivity index (χ4v) is 2.74. The van der Waals surface area contributed by atoms with Gasteiger partial charge >= 0.3 is 0 Å². The standard InChI is InChI=1S/C17H19NO/c1-19-17-10-8-15(9-11-17)18-16-7-6-13-4-2-3-5-14(13)12-16/h2-5,8-11,16,18H,6-7,12H2,1H3. The zero-order valence-corrected chi connectivity index (χ0v) is 11.2. The number of rotatable bonds is 3. The minimum atomic E-state index is 0.531.